The summed E-state index contributed by atoms with van der Waals surface area (Å²) in [5.41, 5.74) is 0. The topological polar surface area (TPSA) is 74.6 Å². The number of hydrogen-bond donors (Lipinski definition) is 2. The second kappa shape index (κ2) is 3.08. The van der Waals surface area contributed by atoms with Gasteiger partial charge in [-0.25, -0.2) is 8.42 Å². The lowest BCUT2D eigenvalue weighted by molar-refractivity contribution is 0.284. The molecule has 2 N–H and O–H groups in total. The van der Waals surface area contributed by atoms with Gasteiger partial charge in [0.05, 0.1) is 23.7 Å². The molecule has 0 amide bonds. The molecule has 0 radical (unpaired) electrons. The summed E-state index contributed by atoms with van der Waals surface area (Å²) in [7, 11) is -3.23. The lowest BCUT2D eigenvalue weighted by atomic mass is 10.2. The molecule has 5 heteroatoms. The highest BCUT2D eigenvalue weighted by molar-refractivity contribution is 7.93. The van der Waals surface area contributed by atoms with Crippen LogP contribution in [0.3, 0.4) is 0 Å². The smallest absolute Gasteiger partial charge is 0.160 e. The Morgan fingerprint density at radius 1 is 1.09 bits per heavy atom. The highest BCUT2D eigenvalue weighted by Gasteiger charge is 2.39. The van der Waals surface area contributed by atoms with Gasteiger partial charge in [0.2, 0.25) is 0 Å². The van der Waals surface area contributed by atoms with Crippen LogP contribution in [-0.2, 0) is 9.84 Å². The number of rotatable bonds is 2. The van der Waals surface area contributed by atoms with Crippen molar-refractivity contribution in [3.05, 3.63) is 0 Å². The van der Waals surface area contributed by atoms with Crippen LogP contribution in [0.2, 0.25) is 0 Å². The molecule has 0 spiro atoms. The zero-order valence-electron chi connectivity index (χ0n) is 6.10. The van der Waals surface area contributed by atoms with Gasteiger partial charge < -0.3 is 10.2 Å². The van der Waals surface area contributed by atoms with Gasteiger partial charge in [-0.05, 0) is 12.8 Å². The summed E-state index contributed by atoms with van der Waals surface area (Å²) >= 11 is 0. The average molecular weight is 180 g/mol. The molecule has 1 aliphatic heterocycles. The summed E-state index contributed by atoms with van der Waals surface area (Å²) < 4.78 is 22.5. The van der Waals surface area contributed by atoms with E-state index >= 15 is 0 Å². The molecule has 0 aromatic heterocycles. The molecule has 2 atom stereocenters. The van der Waals surface area contributed by atoms with Crippen molar-refractivity contribution >= 4 is 9.84 Å². The lowest BCUT2D eigenvalue weighted by Crippen LogP contribution is -2.27. The van der Waals surface area contributed by atoms with Gasteiger partial charge in [-0.15, -0.1) is 0 Å². The minimum absolute atomic E-state index is 0.321. The zero-order chi connectivity index (χ0) is 8.48. The molecule has 0 aromatic carbocycles. The van der Waals surface area contributed by atoms with Crippen molar-refractivity contribution in [2.24, 2.45) is 0 Å². The largest absolute Gasteiger partial charge is 0.395 e. The van der Waals surface area contributed by atoms with Crippen LogP contribution in [0.4, 0.5) is 0 Å². The maximum atomic E-state index is 11.2. The van der Waals surface area contributed by atoms with E-state index in [0.29, 0.717) is 12.8 Å². The average Bonchev–Trinajstić information content (AvgIpc) is 2.24. The fraction of sp³-hybridized carbons (Fsp3) is 1.00. The molecule has 1 aliphatic rings. The monoisotopic (exact) mass is 180 g/mol. The minimum atomic E-state index is -3.23. The zero-order valence-corrected chi connectivity index (χ0v) is 6.92. The molecule has 66 valence electrons. The molecule has 0 saturated carbocycles. The van der Waals surface area contributed by atoms with E-state index in [1.165, 1.54) is 0 Å². The van der Waals surface area contributed by atoms with E-state index in [4.69, 9.17) is 10.2 Å². The van der Waals surface area contributed by atoms with Crippen molar-refractivity contribution in [1.82, 2.24) is 0 Å². The van der Waals surface area contributed by atoms with E-state index in [1.807, 2.05) is 0 Å². The van der Waals surface area contributed by atoms with Gasteiger partial charge in [-0.3, -0.25) is 0 Å². The molecule has 0 unspecified atom stereocenters. The molecule has 4 nitrogen and oxygen atoms in total. The molecule has 1 fully saturated rings. The molecular weight excluding hydrogens is 168 g/mol. The van der Waals surface area contributed by atoms with E-state index < -0.39 is 20.3 Å². The first-order valence-corrected chi connectivity index (χ1v) is 5.18. The predicted molar refractivity (Wildman–Crippen MR) is 39.9 cm³/mol. The quantitative estimate of drug-likeness (QED) is 0.566. The Bertz CT molecular complexity index is 203. The van der Waals surface area contributed by atoms with Gasteiger partial charge in [0.25, 0.3) is 0 Å². The minimum Gasteiger partial charge on any atom is -0.395 e. The lowest BCUT2D eigenvalue weighted by Gasteiger charge is -2.07. The van der Waals surface area contributed by atoms with Crippen molar-refractivity contribution in [3.63, 3.8) is 0 Å². The summed E-state index contributed by atoms with van der Waals surface area (Å²) in [5.74, 6) is 0. The van der Waals surface area contributed by atoms with Gasteiger partial charge in [-0.2, -0.15) is 0 Å². The van der Waals surface area contributed by atoms with E-state index in [1.54, 1.807) is 0 Å². The van der Waals surface area contributed by atoms with Crippen LogP contribution >= 0.6 is 0 Å². The fourth-order valence-corrected chi connectivity index (χ4v) is 3.25. The highest BCUT2D eigenvalue weighted by Crippen LogP contribution is 2.26. The fourth-order valence-electron chi connectivity index (χ4n) is 1.36. The number of aliphatic hydroxyl groups is 2. The molecule has 0 aromatic rings. The molecule has 1 rings (SSSR count). The highest BCUT2D eigenvalue weighted by atomic mass is 32.2. The van der Waals surface area contributed by atoms with Crippen molar-refractivity contribution in [2.75, 3.05) is 13.2 Å². The molecular formula is C6H12O4S. The maximum absolute atomic E-state index is 11.2. The molecule has 11 heavy (non-hydrogen) atoms. The van der Waals surface area contributed by atoms with Gasteiger partial charge in [0.1, 0.15) is 0 Å². The number of hydrogen-bond acceptors (Lipinski definition) is 4. The first-order chi connectivity index (χ1) is 5.12. The Kier molecular flexibility index (Phi) is 2.51. The second-order valence-corrected chi connectivity index (χ2v) is 5.29. The van der Waals surface area contributed by atoms with Crippen LogP contribution in [0.15, 0.2) is 0 Å². The van der Waals surface area contributed by atoms with Crippen molar-refractivity contribution in [1.29, 1.82) is 0 Å². The van der Waals surface area contributed by atoms with Crippen LogP contribution in [-0.4, -0.2) is 42.3 Å². The van der Waals surface area contributed by atoms with Gasteiger partial charge >= 0.3 is 0 Å². The Morgan fingerprint density at radius 2 is 1.45 bits per heavy atom. The third kappa shape index (κ3) is 1.40. The van der Waals surface area contributed by atoms with Crippen LogP contribution in [0.25, 0.3) is 0 Å². The Labute approximate surface area is 65.8 Å². The van der Waals surface area contributed by atoms with Crippen molar-refractivity contribution in [2.45, 2.75) is 23.3 Å². The summed E-state index contributed by atoms with van der Waals surface area (Å²) in [5, 5.41) is 16.0. The Hall–Kier alpha value is -0.130. The first-order valence-electron chi connectivity index (χ1n) is 3.57. The summed E-state index contributed by atoms with van der Waals surface area (Å²) in [6, 6.07) is 0. The molecule has 1 heterocycles. The van der Waals surface area contributed by atoms with Gasteiger partial charge in [0.15, 0.2) is 9.84 Å². The second-order valence-electron chi connectivity index (χ2n) is 2.78. The predicted octanol–water partition coefficient (Wildman–Crippen LogP) is -1.08. The van der Waals surface area contributed by atoms with E-state index in [-0.39, 0.29) is 13.2 Å². The third-order valence-electron chi connectivity index (χ3n) is 2.15. The molecule has 0 bridgehead atoms. The number of sulfone groups is 1. The van der Waals surface area contributed by atoms with Gasteiger partial charge in [-0.1, -0.05) is 0 Å². The molecule has 0 aliphatic carbocycles. The maximum Gasteiger partial charge on any atom is 0.160 e. The van der Waals surface area contributed by atoms with Gasteiger partial charge in [0, 0.05) is 0 Å². The van der Waals surface area contributed by atoms with Crippen LogP contribution in [0.5, 0.6) is 0 Å². The number of aliphatic hydroxyl groups excluding tert-OH is 2. The Morgan fingerprint density at radius 3 is 1.64 bits per heavy atom. The molecule has 1 saturated heterocycles. The standard InChI is InChI=1S/C6H12O4S/c7-3-5-1-2-6(4-8)11(5,9)10/h5-8H,1-4H2/t5-,6+. The van der Waals surface area contributed by atoms with E-state index in [9.17, 15) is 8.42 Å². The van der Waals surface area contributed by atoms with E-state index in [0.717, 1.165) is 0 Å². The van der Waals surface area contributed by atoms with Crippen LogP contribution < -0.4 is 0 Å². The first kappa shape index (κ1) is 8.96. The van der Waals surface area contributed by atoms with Crippen LogP contribution in [0.1, 0.15) is 12.8 Å². The summed E-state index contributed by atoms with van der Waals surface area (Å²) in [6.07, 6.45) is 0.953. The third-order valence-corrected chi connectivity index (χ3v) is 4.78. The van der Waals surface area contributed by atoms with Crippen molar-refractivity contribution < 1.29 is 18.6 Å². The SMILES string of the molecule is O=S1(=O)[C@H](CO)CC[C@@H]1CO. The van der Waals surface area contributed by atoms with Crippen molar-refractivity contribution in [3.8, 4) is 0 Å². The van der Waals surface area contributed by atoms with E-state index in [2.05, 4.69) is 0 Å². The Balaban J connectivity index is 2.81. The normalized spacial score (nSPS) is 35.8. The summed E-state index contributed by atoms with van der Waals surface area (Å²) in [4.78, 5) is 0. The van der Waals surface area contributed by atoms with Crippen LogP contribution in [0, 0.1) is 0 Å². The summed E-state index contributed by atoms with van der Waals surface area (Å²) in [6.45, 7) is -0.641.